The first kappa shape index (κ1) is 13.5. The van der Waals surface area contributed by atoms with Crippen LogP contribution in [0.3, 0.4) is 0 Å². The molecule has 5 heteroatoms. The van der Waals surface area contributed by atoms with Crippen LogP contribution in [0.15, 0.2) is 52.9 Å². The van der Waals surface area contributed by atoms with E-state index < -0.39 is 5.82 Å². The van der Waals surface area contributed by atoms with Gasteiger partial charge in [-0.25, -0.2) is 9.37 Å². The highest BCUT2D eigenvalue weighted by Crippen LogP contribution is 2.35. The van der Waals surface area contributed by atoms with E-state index in [-0.39, 0.29) is 22.7 Å². The van der Waals surface area contributed by atoms with E-state index in [0.717, 1.165) is 0 Å². The second-order valence-corrected chi connectivity index (χ2v) is 5.13. The number of phenolic OH excluding ortho intramolecular Hbond substituents is 1. The van der Waals surface area contributed by atoms with Crippen molar-refractivity contribution < 1.29 is 18.7 Å². The first-order chi connectivity index (χ1) is 11.2. The van der Waals surface area contributed by atoms with Gasteiger partial charge < -0.3 is 9.52 Å². The number of benzene rings is 2. The maximum Gasteiger partial charge on any atom is 0.228 e. The zero-order valence-electron chi connectivity index (χ0n) is 11.8. The number of hydrogen-bond acceptors (Lipinski definition) is 4. The molecule has 0 aliphatic carbocycles. The highest BCUT2D eigenvalue weighted by molar-refractivity contribution is 6.09. The van der Waals surface area contributed by atoms with Gasteiger partial charge in [-0.2, -0.15) is 0 Å². The van der Waals surface area contributed by atoms with Crippen molar-refractivity contribution in [1.29, 1.82) is 0 Å². The standard InChI is InChI=1S/C18H10FNO3/c19-14-8-13-11-6-3-4-10(9-21)17(11)23-18(13)20-16(14)12-5-1-2-7-15(12)22/h1-9,22H. The quantitative estimate of drug-likeness (QED) is 0.561. The highest BCUT2D eigenvalue weighted by Gasteiger charge is 2.17. The minimum atomic E-state index is -0.571. The number of aldehydes is 1. The Balaban J connectivity index is 2.07. The number of aromatic nitrogens is 1. The summed E-state index contributed by atoms with van der Waals surface area (Å²) >= 11 is 0. The lowest BCUT2D eigenvalue weighted by Crippen LogP contribution is -1.90. The minimum Gasteiger partial charge on any atom is -0.507 e. The number of carbonyl (C=O) groups excluding carboxylic acids is 1. The summed E-state index contributed by atoms with van der Waals surface area (Å²) in [7, 11) is 0. The molecule has 0 radical (unpaired) electrons. The Hall–Kier alpha value is -3.21. The van der Waals surface area contributed by atoms with E-state index in [1.54, 1.807) is 36.4 Å². The first-order valence-electron chi connectivity index (χ1n) is 6.94. The maximum atomic E-state index is 14.5. The average molecular weight is 307 g/mol. The molecule has 23 heavy (non-hydrogen) atoms. The van der Waals surface area contributed by atoms with Crippen LogP contribution < -0.4 is 0 Å². The molecular weight excluding hydrogens is 297 g/mol. The second kappa shape index (κ2) is 4.91. The van der Waals surface area contributed by atoms with Crippen LogP contribution >= 0.6 is 0 Å². The van der Waals surface area contributed by atoms with Crippen LogP contribution in [-0.2, 0) is 0 Å². The topological polar surface area (TPSA) is 63.3 Å². The van der Waals surface area contributed by atoms with Crippen LogP contribution in [0.25, 0.3) is 33.3 Å². The maximum absolute atomic E-state index is 14.5. The number of aromatic hydroxyl groups is 1. The second-order valence-electron chi connectivity index (χ2n) is 5.13. The number of phenols is 1. The minimum absolute atomic E-state index is 0.00214. The molecule has 2 aromatic carbocycles. The van der Waals surface area contributed by atoms with E-state index in [4.69, 9.17) is 4.42 Å². The van der Waals surface area contributed by atoms with Gasteiger partial charge in [-0.1, -0.05) is 24.3 Å². The zero-order valence-corrected chi connectivity index (χ0v) is 11.8. The lowest BCUT2D eigenvalue weighted by molar-refractivity contribution is 0.112. The van der Waals surface area contributed by atoms with E-state index >= 15 is 0 Å². The average Bonchev–Trinajstić information content (AvgIpc) is 2.92. The number of rotatable bonds is 2. The van der Waals surface area contributed by atoms with Crippen molar-refractivity contribution in [2.24, 2.45) is 0 Å². The molecule has 0 saturated carbocycles. The molecule has 0 spiro atoms. The highest BCUT2D eigenvalue weighted by atomic mass is 19.1. The van der Waals surface area contributed by atoms with Gasteiger partial charge >= 0.3 is 0 Å². The number of para-hydroxylation sites is 2. The normalized spacial score (nSPS) is 11.2. The summed E-state index contributed by atoms with van der Waals surface area (Å²) in [5.74, 6) is -0.638. The van der Waals surface area contributed by atoms with Crippen molar-refractivity contribution in [3.8, 4) is 17.0 Å². The van der Waals surface area contributed by atoms with Crippen LogP contribution in [0.2, 0.25) is 0 Å². The van der Waals surface area contributed by atoms with Crippen LogP contribution in [0, 0.1) is 5.82 Å². The summed E-state index contributed by atoms with van der Waals surface area (Å²) in [6, 6.07) is 12.7. The number of halogens is 1. The van der Waals surface area contributed by atoms with E-state index in [9.17, 15) is 14.3 Å². The molecule has 1 N–H and O–H groups in total. The van der Waals surface area contributed by atoms with Gasteiger partial charge in [0.05, 0.1) is 10.9 Å². The Morgan fingerprint density at radius 2 is 1.91 bits per heavy atom. The number of hydrogen-bond donors (Lipinski definition) is 1. The summed E-state index contributed by atoms with van der Waals surface area (Å²) in [4.78, 5) is 15.3. The summed E-state index contributed by atoms with van der Waals surface area (Å²) < 4.78 is 20.1. The van der Waals surface area contributed by atoms with E-state index in [2.05, 4.69) is 4.98 Å². The monoisotopic (exact) mass is 307 g/mol. The molecule has 0 fully saturated rings. The Morgan fingerprint density at radius 1 is 1.09 bits per heavy atom. The Bertz CT molecular complexity index is 1070. The molecule has 0 saturated heterocycles. The summed E-state index contributed by atoms with van der Waals surface area (Å²) in [5.41, 5.74) is 1.25. The molecule has 0 atom stereocenters. The lowest BCUT2D eigenvalue weighted by Gasteiger charge is -2.04. The van der Waals surface area contributed by atoms with E-state index in [1.165, 1.54) is 12.1 Å². The molecule has 4 aromatic rings. The van der Waals surface area contributed by atoms with Crippen molar-refractivity contribution in [3.05, 3.63) is 59.9 Å². The van der Waals surface area contributed by atoms with E-state index in [0.29, 0.717) is 28.2 Å². The summed E-state index contributed by atoms with van der Waals surface area (Å²) in [6.07, 6.45) is 0.686. The fourth-order valence-corrected chi connectivity index (χ4v) is 2.68. The van der Waals surface area contributed by atoms with Crippen molar-refractivity contribution in [2.75, 3.05) is 0 Å². The third-order valence-corrected chi connectivity index (χ3v) is 3.76. The smallest absolute Gasteiger partial charge is 0.228 e. The molecule has 0 bridgehead atoms. The predicted molar refractivity (Wildman–Crippen MR) is 84.0 cm³/mol. The molecular formula is C18H10FNO3. The predicted octanol–water partition coefficient (Wildman–Crippen LogP) is 4.31. The van der Waals surface area contributed by atoms with Crippen molar-refractivity contribution in [3.63, 3.8) is 0 Å². The first-order valence-corrected chi connectivity index (χ1v) is 6.94. The van der Waals surface area contributed by atoms with Gasteiger partial charge in [0.15, 0.2) is 12.1 Å². The third-order valence-electron chi connectivity index (χ3n) is 3.76. The number of fused-ring (bicyclic) bond motifs is 3. The molecule has 2 heterocycles. The van der Waals surface area contributed by atoms with Gasteiger partial charge in [-0.05, 0) is 24.3 Å². The molecule has 4 rings (SSSR count). The van der Waals surface area contributed by atoms with Crippen LogP contribution in [0.1, 0.15) is 10.4 Å². The molecule has 0 aliphatic rings. The van der Waals surface area contributed by atoms with Gasteiger partial charge in [-0.15, -0.1) is 0 Å². The molecule has 0 amide bonds. The molecule has 2 aromatic heterocycles. The number of nitrogens with zero attached hydrogens (tertiary/aromatic N) is 1. The van der Waals surface area contributed by atoms with Crippen LogP contribution in [0.4, 0.5) is 4.39 Å². The largest absolute Gasteiger partial charge is 0.507 e. The zero-order chi connectivity index (χ0) is 16.0. The van der Waals surface area contributed by atoms with E-state index in [1.807, 2.05) is 0 Å². The van der Waals surface area contributed by atoms with Gasteiger partial charge in [0, 0.05) is 10.9 Å². The molecule has 0 aliphatic heterocycles. The van der Waals surface area contributed by atoms with Crippen molar-refractivity contribution >= 4 is 28.4 Å². The Morgan fingerprint density at radius 3 is 2.70 bits per heavy atom. The SMILES string of the molecule is O=Cc1cccc2c1oc1nc(-c3ccccc3O)c(F)cc12. The van der Waals surface area contributed by atoms with Gasteiger partial charge in [-0.3, -0.25) is 4.79 Å². The van der Waals surface area contributed by atoms with Crippen LogP contribution in [0.5, 0.6) is 5.75 Å². The number of pyridine rings is 1. The lowest BCUT2D eigenvalue weighted by atomic mass is 10.1. The molecule has 4 nitrogen and oxygen atoms in total. The summed E-state index contributed by atoms with van der Waals surface area (Å²) in [5, 5.41) is 11.0. The fraction of sp³-hybridized carbons (Fsp3) is 0. The van der Waals surface area contributed by atoms with Crippen molar-refractivity contribution in [2.45, 2.75) is 0 Å². The van der Waals surface area contributed by atoms with Crippen LogP contribution in [-0.4, -0.2) is 16.4 Å². The Kier molecular flexibility index (Phi) is 2.87. The fourth-order valence-electron chi connectivity index (χ4n) is 2.68. The molecule has 0 unspecified atom stereocenters. The van der Waals surface area contributed by atoms with Gasteiger partial charge in [0.25, 0.3) is 0 Å². The van der Waals surface area contributed by atoms with Gasteiger partial charge in [0.2, 0.25) is 5.71 Å². The third kappa shape index (κ3) is 1.97. The van der Waals surface area contributed by atoms with Crippen molar-refractivity contribution in [1.82, 2.24) is 4.98 Å². The number of carbonyl (C=O) groups is 1. The van der Waals surface area contributed by atoms with Gasteiger partial charge in [0.1, 0.15) is 17.0 Å². The summed E-state index contributed by atoms with van der Waals surface area (Å²) in [6.45, 7) is 0. The number of furan rings is 1. The Labute approximate surface area is 129 Å². The molecule has 112 valence electrons.